The maximum atomic E-state index is 12.3. The summed E-state index contributed by atoms with van der Waals surface area (Å²) >= 11 is 0. The molecule has 2 aliphatic rings. The zero-order valence-corrected chi connectivity index (χ0v) is 8.99. The zero-order chi connectivity index (χ0) is 10.6. The lowest BCUT2D eigenvalue weighted by Crippen LogP contribution is -2.42. The third kappa shape index (κ3) is 1.00. The smallest absolute Gasteiger partial charge is 0.195 e. The maximum Gasteiger partial charge on any atom is 0.195 e. The topological polar surface area (TPSA) is 26.3 Å². The summed E-state index contributed by atoms with van der Waals surface area (Å²) in [6, 6.07) is 7.83. The molecule has 2 heteroatoms. The minimum absolute atomic E-state index is 0.124. The molecule has 1 aromatic rings. The second-order valence-electron chi connectivity index (χ2n) is 4.77. The van der Waals surface area contributed by atoms with Crippen LogP contribution in [0.25, 0.3) is 0 Å². The van der Waals surface area contributed by atoms with Gasteiger partial charge in [-0.2, -0.15) is 0 Å². The molecule has 3 atom stereocenters. The minimum atomic E-state index is -0.584. The highest BCUT2D eigenvalue weighted by atomic mass is 16.5. The number of Topliss-reactive ketones (excluding diaryl/α,β-unsaturated/α-hetero) is 1. The van der Waals surface area contributed by atoms with Gasteiger partial charge in [-0.25, -0.2) is 0 Å². The Balaban J connectivity index is 2.22. The van der Waals surface area contributed by atoms with Crippen molar-refractivity contribution in [3.63, 3.8) is 0 Å². The Bertz CT molecular complexity index is 438. The van der Waals surface area contributed by atoms with E-state index in [9.17, 15) is 4.79 Å². The van der Waals surface area contributed by atoms with Crippen LogP contribution in [0.3, 0.4) is 0 Å². The lowest BCUT2D eigenvalue weighted by molar-refractivity contribution is -0.0328. The van der Waals surface area contributed by atoms with Crippen molar-refractivity contribution in [3.8, 4) is 0 Å². The Morgan fingerprint density at radius 3 is 2.93 bits per heavy atom. The van der Waals surface area contributed by atoms with Gasteiger partial charge in [0.2, 0.25) is 0 Å². The molecule has 1 aromatic carbocycles. The third-order valence-electron chi connectivity index (χ3n) is 3.90. The van der Waals surface area contributed by atoms with Crippen molar-refractivity contribution in [2.75, 3.05) is 0 Å². The predicted octanol–water partition coefficient (Wildman–Crippen LogP) is 2.74. The van der Waals surface area contributed by atoms with Gasteiger partial charge in [0.15, 0.2) is 5.78 Å². The van der Waals surface area contributed by atoms with Crippen LogP contribution in [0.15, 0.2) is 24.3 Å². The molecule has 0 radical (unpaired) electrons. The van der Waals surface area contributed by atoms with Gasteiger partial charge in [0, 0.05) is 5.56 Å². The fourth-order valence-electron chi connectivity index (χ4n) is 2.73. The van der Waals surface area contributed by atoms with Crippen LogP contribution in [0.4, 0.5) is 0 Å². The van der Waals surface area contributed by atoms with Gasteiger partial charge in [-0.3, -0.25) is 4.79 Å². The van der Waals surface area contributed by atoms with Crippen LogP contribution in [-0.2, 0) is 4.74 Å². The first-order chi connectivity index (χ1) is 7.13. The van der Waals surface area contributed by atoms with Gasteiger partial charge in [-0.05, 0) is 24.8 Å². The summed E-state index contributed by atoms with van der Waals surface area (Å²) in [5.41, 5.74) is 1.35. The van der Waals surface area contributed by atoms with Gasteiger partial charge >= 0.3 is 0 Å². The van der Waals surface area contributed by atoms with Crippen LogP contribution in [0, 0.1) is 5.92 Å². The molecule has 2 nitrogen and oxygen atoms in total. The van der Waals surface area contributed by atoms with Crippen LogP contribution in [-0.4, -0.2) is 11.4 Å². The number of carbonyl (C=O) groups excluding carboxylic acids is 1. The summed E-state index contributed by atoms with van der Waals surface area (Å²) < 4.78 is 5.89. The molecular weight excluding hydrogens is 188 g/mol. The summed E-state index contributed by atoms with van der Waals surface area (Å²) in [7, 11) is 0. The maximum absolute atomic E-state index is 12.3. The number of hydrogen-bond donors (Lipinski definition) is 0. The molecule has 2 aliphatic heterocycles. The van der Waals surface area contributed by atoms with Gasteiger partial charge in [-0.1, -0.05) is 31.2 Å². The monoisotopic (exact) mass is 202 g/mol. The van der Waals surface area contributed by atoms with Crippen molar-refractivity contribution in [1.82, 2.24) is 0 Å². The van der Waals surface area contributed by atoms with Crippen molar-refractivity contribution < 1.29 is 9.53 Å². The molecular formula is C13H14O2. The highest BCUT2D eigenvalue weighted by Crippen LogP contribution is 2.50. The number of ether oxygens (including phenoxy) is 1. The molecule has 78 valence electrons. The molecule has 0 aliphatic carbocycles. The van der Waals surface area contributed by atoms with E-state index >= 15 is 0 Å². The summed E-state index contributed by atoms with van der Waals surface area (Å²) in [5, 5.41) is 0. The van der Waals surface area contributed by atoms with Gasteiger partial charge in [-0.15, -0.1) is 0 Å². The lowest BCUT2D eigenvalue weighted by atomic mass is 9.85. The second kappa shape index (κ2) is 2.70. The average Bonchev–Trinajstić information content (AvgIpc) is 2.51. The quantitative estimate of drug-likeness (QED) is 0.646. The van der Waals surface area contributed by atoms with E-state index < -0.39 is 5.60 Å². The summed E-state index contributed by atoms with van der Waals surface area (Å²) in [6.45, 7) is 4.03. The Kier molecular flexibility index (Phi) is 1.64. The first kappa shape index (κ1) is 9.10. The first-order valence-electron chi connectivity index (χ1n) is 5.44. The van der Waals surface area contributed by atoms with E-state index in [4.69, 9.17) is 4.74 Å². The SMILES string of the molecule is CC1CC2OC1(C)C(=O)c1ccccc12. The summed E-state index contributed by atoms with van der Waals surface area (Å²) in [4.78, 5) is 12.3. The molecule has 0 aromatic heterocycles. The highest BCUT2D eigenvalue weighted by Gasteiger charge is 2.53. The molecule has 1 fully saturated rings. The van der Waals surface area contributed by atoms with E-state index in [0.29, 0.717) is 5.92 Å². The van der Waals surface area contributed by atoms with E-state index in [1.165, 1.54) is 0 Å². The second-order valence-corrected chi connectivity index (χ2v) is 4.77. The average molecular weight is 202 g/mol. The standard InChI is InChI=1S/C13H14O2/c1-8-7-11-9-5-3-4-6-10(9)12(14)13(8,2)15-11/h3-6,8,11H,7H2,1-2H3. The molecule has 0 saturated carbocycles. The molecule has 0 N–H and O–H groups in total. The normalized spacial score (nSPS) is 37.9. The van der Waals surface area contributed by atoms with Crippen molar-refractivity contribution in [2.24, 2.45) is 5.92 Å². The van der Waals surface area contributed by atoms with Crippen molar-refractivity contribution in [3.05, 3.63) is 35.4 Å². The molecule has 2 bridgehead atoms. The third-order valence-corrected chi connectivity index (χ3v) is 3.90. The number of fused-ring (bicyclic) bond motifs is 4. The van der Waals surface area contributed by atoms with E-state index in [2.05, 4.69) is 6.92 Å². The minimum Gasteiger partial charge on any atom is -0.359 e. The molecule has 2 heterocycles. The van der Waals surface area contributed by atoms with Crippen LogP contribution in [0.2, 0.25) is 0 Å². The van der Waals surface area contributed by atoms with E-state index in [1.54, 1.807) is 0 Å². The van der Waals surface area contributed by atoms with Crippen LogP contribution in [0.1, 0.15) is 42.3 Å². The molecule has 3 rings (SSSR count). The van der Waals surface area contributed by atoms with E-state index in [1.807, 2.05) is 31.2 Å². The highest BCUT2D eigenvalue weighted by molar-refractivity contribution is 6.05. The first-order valence-corrected chi connectivity index (χ1v) is 5.44. The largest absolute Gasteiger partial charge is 0.359 e. The zero-order valence-electron chi connectivity index (χ0n) is 8.99. The number of hydrogen-bond acceptors (Lipinski definition) is 2. The Morgan fingerprint density at radius 1 is 1.40 bits per heavy atom. The van der Waals surface area contributed by atoms with Crippen molar-refractivity contribution >= 4 is 5.78 Å². The predicted molar refractivity (Wildman–Crippen MR) is 56.8 cm³/mol. The van der Waals surface area contributed by atoms with Gasteiger partial charge < -0.3 is 4.74 Å². The molecule has 3 unspecified atom stereocenters. The molecule has 1 saturated heterocycles. The number of rotatable bonds is 0. The van der Waals surface area contributed by atoms with Crippen molar-refractivity contribution in [1.29, 1.82) is 0 Å². The molecule has 0 spiro atoms. The van der Waals surface area contributed by atoms with Crippen molar-refractivity contribution in [2.45, 2.75) is 32.0 Å². The Hall–Kier alpha value is -1.15. The lowest BCUT2D eigenvalue weighted by Gasteiger charge is -2.32. The fourth-order valence-corrected chi connectivity index (χ4v) is 2.73. The molecule has 0 amide bonds. The fraction of sp³-hybridized carbons (Fsp3) is 0.462. The van der Waals surface area contributed by atoms with E-state index in [0.717, 1.165) is 17.5 Å². The van der Waals surface area contributed by atoms with Gasteiger partial charge in [0.25, 0.3) is 0 Å². The Labute approximate surface area is 89.2 Å². The van der Waals surface area contributed by atoms with Gasteiger partial charge in [0.05, 0.1) is 6.10 Å². The van der Waals surface area contributed by atoms with Crippen LogP contribution >= 0.6 is 0 Å². The molecule has 15 heavy (non-hydrogen) atoms. The van der Waals surface area contributed by atoms with Crippen LogP contribution in [0.5, 0.6) is 0 Å². The van der Waals surface area contributed by atoms with Gasteiger partial charge in [0.1, 0.15) is 5.60 Å². The summed E-state index contributed by atoms with van der Waals surface area (Å²) in [6.07, 6.45) is 1.08. The number of ketones is 1. The van der Waals surface area contributed by atoms with E-state index in [-0.39, 0.29) is 11.9 Å². The van der Waals surface area contributed by atoms with Crippen LogP contribution < -0.4 is 0 Å². The summed E-state index contributed by atoms with van der Waals surface area (Å²) in [5.74, 6) is 0.460. The Morgan fingerprint density at radius 2 is 2.13 bits per heavy atom. The number of benzene rings is 1. The number of carbonyl (C=O) groups is 1.